The lowest BCUT2D eigenvalue weighted by molar-refractivity contribution is -0.135. The number of carbonyl (C=O) groups excluding carboxylic acids is 2. The molecule has 0 spiro atoms. The van der Waals surface area contributed by atoms with Crippen molar-refractivity contribution in [3.05, 3.63) is 33.4 Å². The highest BCUT2D eigenvalue weighted by atomic mass is 127. The molecule has 0 aliphatic carbocycles. The third kappa shape index (κ3) is 4.45. The first-order chi connectivity index (χ1) is 9.66. The van der Waals surface area contributed by atoms with Crippen LogP contribution in [0.2, 0.25) is 0 Å². The van der Waals surface area contributed by atoms with E-state index in [1.54, 1.807) is 11.0 Å². The van der Waals surface area contributed by atoms with Crippen LogP contribution in [0.5, 0.6) is 0 Å². The minimum atomic E-state index is -0.140. The van der Waals surface area contributed by atoms with Crippen LogP contribution in [-0.2, 0) is 9.53 Å². The second-order valence-electron chi connectivity index (χ2n) is 4.51. The first kappa shape index (κ1) is 15.2. The van der Waals surface area contributed by atoms with Crippen LogP contribution in [0, 0.1) is 3.57 Å². The highest BCUT2D eigenvalue weighted by Crippen LogP contribution is 2.07. The van der Waals surface area contributed by atoms with E-state index in [-0.39, 0.29) is 11.8 Å². The molecule has 1 aromatic carbocycles. The van der Waals surface area contributed by atoms with Gasteiger partial charge in [-0.1, -0.05) is 6.07 Å². The SMILES string of the molecule is O=C(NCCC(=O)N1CCOCC1)c1cccc(I)c1. The fourth-order valence-corrected chi connectivity index (χ4v) is 2.53. The van der Waals surface area contributed by atoms with Crippen LogP contribution < -0.4 is 5.32 Å². The van der Waals surface area contributed by atoms with Gasteiger partial charge < -0.3 is 15.0 Å². The predicted octanol–water partition coefficient (Wildman–Crippen LogP) is 1.27. The predicted molar refractivity (Wildman–Crippen MR) is 83.5 cm³/mol. The summed E-state index contributed by atoms with van der Waals surface area (Å²) in [6.45, 7) is 2.84. The van der Waals surface area contributed by atoms with Crippen LogP contribution in [0.15, 0.2) is 24.3 Å². The minimum Gasteiger partial charge on any atom is -0.378 e. The van der Waals surface area contributed by atoms with Gasteiger partial charge in [0.05, 0.1) is 13.2 Å². The third-order valence-electron chi connectivity index (χ3n) is 3.08. The number of nitrogens with one attached hydrogen (secondary N) is 1. The van der Waals surface area contributed by atoms with E-state index in [4.69, 9.17) is 4.74 Å². The second kappa shape index (κ2) is 7.58. The summed E-state index contributed by atoms with van der Waals surface area (Å²) in [7, 11) is 0. The van der Waals surface area contributed by atoms with E-state index in [0.717, 1.165) is 3.57 Å². The van der Waals surface area contributed by atoms with Gasteiger partial charge in [0.2, 0.25) is 5.91 Å². The molecular weight excluding hydrogens is 371 g/mol. The molecule has 1 aliphatic heterocycles. The van der Waals surface area contributed by atoms with Crippen molar-refractivity contribution in [3.63, 3.8) is 0 Å². The number of rotatable bonds is 4. The summed E-state index contributed by atoms with van der Waals surface area (Å²) in [4.78, 5) is 25.6. The van der Waals surface area contributed by atoms with Crippen LogP contribution >= 0.6 is 22.6 Å². The maximum Gasteiger partial charge on any atom is 0.251 e. The molecule has 1 fully saturated rings. The normalized spacial score (nSPS) is 14.9. The van der Waals surface area contributed by atoms with Crippen LogP contribution in [-0.4, -0.2) is 49.6 Å². The molecule has 108 valence electrons. The number of carbonyl (C=O) groups is 2. The number of hydrogen-bond acceptors (Lipinski definition) is 3. The first-order valence-corrected chi connectivity index (χ1v) is 7.64. The molecule has 1 N–H and O–H groups in total. The Morgan fingerprint density at radius 3 is 2.75 bits per heavy atom. The summed E-state index contributed by atoms with van der Waals surface area (Å²) in [6, 6.07) is 7.36. The average molecular weight is 388 g/mol. The summed E-state index contributed by atoms with van der Waals surface area (Å²) < 4.78 is 6.21. The van der Waals surface area contributed by atoms with Crippen molar-refractivity contribution in [2.24, 2.45) is 0 Å². The largest absolute Gasteiger partial charge is 0.378 e. The highest BCUT2D eigenvalue weighted by Gasteiger charge is 2.16. The Hall–Kier alpha value is -1.15. The summed E-state index contributed by atoms with van der Waals surface area (Å²) in [6.07, 6.45) is 0.329. The summed E-state index contributed by atoms with van der Waals surface area (Å²) in [5, 5.41) is 2.78. The number of halogens is 1. The van der Waals surface area contributed by atoms with Crippen molar-refractivity contribution < 1.29 is 14.3 Å². The summed E-state index contributed by atoms with van der Waals surface area (Å²) in [5.41, 5.74) is 0.621. The summed E-state index contributed by atoms with van der Waals surface area (Å²) >= 11 is 2.16. The molecule has 0 aromatic heterocycles. The van der Waals surface area contributed by atoms with E-state index in [1.807, 2.05) is 18.2 Å². The molecule has 0 atom stereocenters. The maximum atomic E-state index is 11.9. The quantitative estimate of drug-likeness (QED) is 0.791. The van der Waals surface area contributed by atoms with Gasteiger partial charge in [-0.2, -0.15) is 0 Å². The Morgan fingerprint density at radius 1 is 1.30 bits per heavy atom. The van der Waals surface area contributed by atoms with E-state index in [2.05, 4.69) is 27.9 Å². The van der Waals surface area contributed by atoms with E-state index in [1.165, 1.54) is 0 Å². The Morgan fingerprint density at radius 2 is 2.05 bits per heavy atom. The Balaban J connectivity index is 1.75. The molecule has 0 unspecified atom stereocenters. The average Bonchev–Trinajstić information content (AvgIpc) is 2.48. The van der Waals surface area contributed by atoms with Gasteiger partial charge in [0, 0.05) is 35.2 Å². The fraction of sp³-hybridized carbons (Fsp3) is 0.429. The molecule has 1 heterocycles. The van der Waals surface area contributed by atoms with Gasteiger partial charge in [0.15, 0.2) is 0 Å². The zero-order chi connectivity index (χ0) is 14.4. The van der Waals surface area contributed by atoms with Crippen LogP contribution in [0.25, 0.3) is 0 Å². The molecule has 1 aromatic rings. The van der Waals surface area contributed by atoms with E-state index >= 15 is 0 Å². The van der Waals surface area contributed by atoms with Crippen molar-refractivity contribution >= 4 is 34.4 Å². The van der Waals surface area contributed by atoms with Gasteiger partial charge in [-0.05, 0) is 40.8 Å². The van der Waals surface area contributed by atoms with E-state index < -0.39 is 0 Å². The summed E-state index contributed by atoms with van der Waals surface area (Å²) in [5.74, 6) is -0.0745. The standard InChI is InChI=1S/C14H17IN2O3/c15-12-3-1-2-11(10-12)14(19)16-5-4-13(18)17-6-8-20-9-7-17/h1-3,10H,4-9H2,(H,16,19). The minimum absolute atomic E-state index is 0.0660. The van der Waals surface area contributed by atoms with Crippen molar-refractivity contribution in [2.45, 2.75) is 6.42 Å². The van der Waals surface area contributed by atoms with Gasteiger partial charge in [-0.15, -0.1) is 0 Å². The van der Waals surface area contributed by atoms with E-state index in [9.17, 15) is 9.59 Å². The Labute approximate surface area is 131 Å². The molecule has 1 aliphatic rings. The lowest BCUT2D eigenvalue weighted by atomic mass is 10.2. The fourth-order valence-electron chi connectivity index (χ4n) is 1.99. The van der Waals surface area contributed by atoms with Crippen molar-refractivity contribution in [1.82, 2.24) is 10.2 Å². The van der Waals surface area contributed by atoms with Gasteiger partial charge in [-0.25, -0.2) is 0 Å². The number of ether oxygens (including phenoxy) is 1. The van der Waals surface area contributed by atoms with E-state index in [0.29, 0.717) is 44.8 Å². The first-order valence-electron chi connectivity index (χ1n) is 6.56. The number of morpholine rings is 1. The van der Waals surface area contributed by atoms with Crippen molar-refractivity contribution in [1.29, 1.82) is 0 Å². The van der Waals surface area contributed by atoms with Crippen LogP contribution in [0.3, 0.4) is 0 Å². The lowest BCUT2D eigenvalue weighted by Gasteiger charge is -2.26. The molecule has 2 amide bonds. The molecule has 6 heteroatoms. The molecule has 2 rings (SSSR count). The smallest absolute Gasteiger partial charge is 0.251 e. The molecule has 20 heavy (non-hydrogen) atoms. The number of nitrogens with zero attached hydrogens (tertiary/aromatic N) is 1. The second-order valence-corrected chi connectivity index (χ2v) is 5.76. The zero-order valence-corrected chi connectivity index (χ0v) is 13.3. The third-order valence-corrected chi connectivity index (χ3v) is 3.75. The van der Waals surface area contributed by atoms with Gasteiger partial charge in [0.25, 0.3) is 5.91 Å². The molecule has 0 radical (unpaired) electrons. The van der Waals surface area contributed by atoms with Gasteiger partial charge in [0.1, 0.15) is 0 Å². The lowest BCUT2D eigenvalue weighted by Crippen LogP contribution is -2.42. The van der Waals surface area contributed by atoms with Gasteiger partial charge >= 0.3 is 0 Å². The highest BCUT2D eigenvalue weighted by molar-refractivity contribution is 14.1. The van der Waals surface area contributed by atoms with Crippen LogP contribution in [0.1, 0.15) is 16.8 Å². The molecular formula is C14H17IN2O3. The monoisotopic (exact) mass is 388 g/mol. The van der Waals surface area contributed by atoms with Gasteiger partial charge in [-0.3, -0.25) is 9.59 Å². The number of amides is 2. The molecule has 5 nitrogen and oxygen atoms in total. The Kier molecular flexibility index (Phi) is 5.78. The Bertz CT molecular complexity index is 487. The zero-order valence-electron chi connectivity index (χ0n) is 11.1. The maximum absolute atomic E-state index is 11.9. The van der Waals surface area contributed by atoms with Crippen molar-refractivity contribution in [3.8, 4) is 0 Å². The molecule has 0 saturated carbocycles. The number of hydrogen-bond donors (Lipinski definition) is 1. The number of benzene rings is 1. The van der Waals surface area contributed by atoms with Crippen molar-refractivity contribution in [2.75, 3.05) is 32.8 Å². The van der Waals surface area contributed by atoms with Crippen LogP contribution in [0.4, 0.5) is 0 Å². The molecule has 0 bridgehead atoms. The molecule has 1 saturated heterocycles. The topological polar surface area (TPSA) is 58.6 Å².